The van der Waals surface area contributed by atoms with Crippen molar-refractivity contribution in [2.75, 3.05) is 13.1 Å². The molecule has 0 radical (unpaired) electrons. The molecule has 1 aliphatic heterocycles. The molecule has 1 unspecified atom stereocenters. The maximum absolute atomic E-state index is 12.3. The predicted octanol–water partition coefficient (Wildman–Crippen LogP) is 2.12. The van der Waals surface area contributed by atoms with Gasteiger partial charge in [0, 0.05) is 36.8 Å². The first kappa shape index (κ1) is 14.7. The lowest BCUT2D eigenvalue weighted by molar-refractivity contribution is -0.137. The van der Waals surface area contributed by atoms with Crippen LogP contribution >= 0.6 is 23.7 Å². The van der Waals surface area contributed by atoms with Crippen LogP contribution in [-0.4, -0.2) is 29.0 Å². The Bertz CT molecular complexity index is 369. The monoisotopic (exact) mass is 287 g/mol. The van der Waals surface area contributed by atoms with E-state index in [1.165, 1.54) is 6.20 Å². The molecule has 1 aliphatic rings. The number of aromatic nitrogens is 1. The fraction of sp³-hybridized carbons (Fsp3) is 0.667. The normalized spacial score (nSPS) is 21.5. The summed E-state index contributed by atoms with van der Waals surface area (Å²) < 4.78 is 36.9. The van der Waals surface area contributed by atoms with Crippen LogP contribution in [0.2, 0.25) is 0 Å². The molecule has 1 aromatic heterocycles. The van der Waals surface area contributed by atoms with Gasteiger partial charge in [0.25, 0.3) is 0 Å². The highest BCUT2D eigenvalue weighted by molar-refractivity contribution is 7.11. The molecule has 3 nitrogen and oxygen atoms in total. The van der Waals surface area contributed by atoms with E-state index < -0.39 is 11.2 Å². The topological polar surface area (TPSA) is 42.1 Å². The van der Waals surface area contributed by atoms with Crippen molar-refractivity contribution in [2.24, 2.45) is 5.73 Å². The fourth-order valence-corrected chi connectivity index (χ4v) is 2.56. The summed E-state index contributed by atoms with van der Waals surface area (Å²) in [6.07, 6.45) is -2.12. The molecule has 8 heteroatoms. The van der Waals surface area contributed by atoms with Gasteiger partial charge in [-0.15, -0.1) is 23.7 Å². The van der Waals surface area contributed by atoms with E-state index in [0.29, 0.717) is 22.8 Å². The van der Waals surface area contributed by atoms with Gasteiger partial charge in [-0.2, -0.15) is 13.2 Å². The van der Waals surface area contributed by atoms with Crippen molar-refractivity contribution in [3.8, 4) is 0 Å². The molecule has 0 saturated carbocycles. The number of rotatable bonds is 2. The molecule has 0 aliphatic carbocycles. The second-order valence-corrected chi connectivity index (χ2v) is 5.03. The zero-order valence-electron chi connectivity index (χ0n) is 8.91. The van der Waals surface area contributed by atoms with Gasteiger partial charge in [-0.05, 0) is 6.42 Å². The number of halogens is 4. The van der Waals surface area contributed by atoms with E-state index in [2.05, 4.69) is 9.88 Å². The highest BCUT2D eigenvalue weighted by atomic mass is 35.5. The van der Waals surface area contributed by atoms with Crippen molar-refractivity contribution < 1.29 is 13.2 Å². The van der Waals surface area contributed by atoms with Crippen LogP contribution in [0.4, 0.5) is 13.2 Å². The van der Waals surface area contributed by atoms with Crippen LogP contribution in [0.5, 0.6) is 0 Å². The van der Waals surface area contributed by atoms with Crippen LogP contribution in [0, 0.1) is 0 Å². The predicted molar refractivity (Wildman–Crippen MR) is 62.2 cm³/mol. The molecular weight excluding hydrogens is 275 g/mol. The Kier molecular flexibility index (Phi) is 4.77. The van der Waals surface area contributed by atoms with Gasteiger partial charge in [-0.1, -0.05) is 0 Å². The number of alkyl halides is 3. The van der Waals surface area contributed by atoms with Crippen LogP contribution in [0.15, 0.2) is 6.20 Å². The number of hydrogen-bond acceptors (Lipinski definition) is 4. The van der Waals surface area contributed by atoms with Crippen LogP contribution < -0.4 is 5.73 Å². The van der Waals surface area contributed by atoms with Gasteiger partial charge in [0.2, 0.25) is 0 Å². The highest BCUT2D eigenvalue weighted by Gasteiger charge is 2.34. The van der Waals surface area contributed by atoms with Gasteiger partial charge < -0.3 is 5.73 Å². The Morgan fingerprint density at radius 3 is 2.71 bits per heavy atom. The van der Waals surface area contributed by atoms with Gasteiger partial charge in [-0.3, -0.25) is 4.90 Å². The summed E-state index contributed by atoms with van der Waals surface area (Å²) in [5.41, 5.74) is 5.72. The first-order chi connectivity index (χ1) is 7.45. The Morgan fingerprint density at radius 1 is 1.53 bits per heavy atom. The smallest absolute Gasteiger partial charge is 0.326 e. The van der Waals surface area contributed by atoms with Crippen LogP contribution in [0.25, 0.3) is 0 Å². The van der Waals surface area contributed by atoms with Gasteiger partial charge in [0.05, 0.1) is 0 Å². The Morgan fingerprint density at radius 2 is 2.24 bits per heavy atom. The third-order valence-corrected chi connectivity index (χ3v) is 3.51. The zero-order valence-corrected chi connectivity index (χ0v) is 10.5. The fourth-order valence-electron chi connectivity index (χ4n) is 1.74. The van der Waals surface area contributed by atoms with Crippen molar-refractivity contribution in [1.29, 1.82) is 0 Å². The number of thiazole rings is 1. The molecule has 0 aromatic carbocycles. The molecule has 2 rings (SSSR count). The van der Waals surface area contributed by atoms with Gasteiger partial charge in [-0.25, -0.2) is 4.98 Å². The zero-order chi connectivity index (χ0) is 11.8. The summed E-state index contributed by atoms with van der Waals surface area (Å²) in [5.74, 6) is 0. The lowest BCUT2D eigenvalue weighted by Gasteiger charge is -2.12. The highest BCUT2D eigenvalue weighted by Crippen LogP contribution is 2.32. The molecule has 17 heavy (non-hydrogen) atoms. The van der Waals surface area contributed by atoms with E-state index in [1.54, 1.807) is 0 Å². The van der Waals surface area contributed by atoms with E-state index in [1.807, 2.05) is 0 Å². The number of nitrogens with two attached hydrogens (primary N) is 1. The first-order valence-corrected chi connectivity index (χ1v) is 5.76. The maximum atomic E-state index is 12.3. The average molecular weight is 288 g/mol. The quantitative estimate of drug-likeness (QED) is 0.906. The number of likely N-dealkylation sites (tertiary alicyclic amines) is 1. The second kappa shape index (κ2) is 5.51. The Labute approximate surface area is 107 Å². The van der Waals surface area contributed by atoms with Crippen molar-refractivity contribution in [3.05, 3.63) is 16.1 Å². The molecule has 1 saturated heterocycles. The van der Waals surface area contributed by atoms with Gasteiger partial charge >= 0.3 is 6.18 Å². The van der Waals surface area contributed by atoms with Crippen LogP contribution in [-0.2, 0) is 12.7 Å². The molecular formula is C9H13ClF3N3S. The summed E-state index contributed by atoms with van der Waals surface area (Å²) in [6.45, 7) is 2.11. The minimum atomic E-state index is -4.33. The summed E-state index contributed by atoms with van der Waals surface area (Å²) >= 11 is 0.709. The first-order valence-electron chi connectivity index (χ1n) is 4.95. The van der Waals surface area contributed by atoms with Crippen molar-refractivity contribution >= 4 is 23.7 Å². The van der Waals surface area contributed by atoms with E-state index in [4.69, 9.17) is 5.73 Å². The Balaban J connectivity index is 0.00000144. The lowest BCUT2D eigenvalue weighted by atomic mass is 10.3. The van der Waals surface area contributed by atoms with E-state index in [0.717, 1.165) is 19.5 Å². The molecule has 0 bridgehead atoms. The molecule has 1 fully saturated rings. The summed E-state index contributed by atoms with van der Waals surface area (Å²) in [7, 11) is 0. The van der Waals surface area contributed by atoms with E-state index >= 15 is 0 Å². The van der Waals surface area contributed by atoms with Gasteiger partial charge in [0.15, 0.2) is 5.01 Å². The number of nitrogens with zero attached hydrogens (tertiary/aromatic N) is 2. The standard InChI is InChI=1S/C9H12F3N3S.ClH/c10-9(11,12)8-14-3-7(16-8)5-15-2-1-6(13)4-15;/h3,6H,1-2,4-5,13H2;1H. The van der Waals surface area contributed by atoms with Crippen molar-refractivity contribution in [3.63, 3.8) is 0 Å². The van der Waals surface area contributed by atoms with Crippen molar-refractivity contribution in [2.45, 2.75) is 25.2 Å². The maximum Gasteiger partial charge on any atom is 0.443 e. The molecule has 98 valence electrons. The Hall–Kier alpha value is -0.370. The minimum absolute atomic E-state index is 0. The third-order valence-electron chi connectivity index (χ3n) is 2.48. The summed E-state index contributed by atoms with van der Waals surface area (Å²) in [4.78, 5) is 6.08. The molecule has 1 atom stereocenters. The SMILES string of the molecule is Cl.NC1CCN(Cc2cnc(C(F)(F)F)s2)C1. The van der Waals surface area contributed by atoms with E-state index in [9.17, 15) is 13.2 Å². The average Bonchev–Trinajstić information content (AvgIpc) is 2.74. The van der Waals surface area contributed by atoms with Gasteiger partial charge in [0.1, 0.15) is 0 Å². The summed E-state index contributed by atoms with van der Waals surface area (Å²) in [6, 6.07) is 0.148. The molecule has 0 amide bonds. The third kappa shape index (κ3) is 3.80. The number of hydrogen-bond donors (Lipinski definition) is 1. The second-order valence-electron chi connectivity index (χ2n) is 3.91. The summed E-state index contributed by atoms with van der Waals surface area (Å²) in [5, 5.41) is -0.772. The van der Waals surface area contributed by atoms with E-state index in [-0.39, 0.29) is 18.4 Å². The molecule has 0 spiro atoms. The lowest BCUT2D eigenvalue weighted by Crippen LogP contribution is -2.25. The molecule has 2 heterocycles. The van der Waals surface area contributed by atoms with Crippen molar-refractivity contribution in [1.82, 2.24) is 9.88 Å². The molecule has 1 aromatic rings. The van der Waals surface area contributed by atoms with Crippen LogP contribution in [0.3, 0.4) is 0 Å². The largest absolute Gasteiger partial charge is 0.443 e. The minimum Gasteiger partial charge on any atom is -0.326 e. The van der Waals surface area contributed by atoms with Crippen LogP contribution in [0.1, 0.15) is 16.3 Å². The molecule has 2 N–H and O–H groups in total.